The summed E-state index contributed by atoms with van der Waals surface area (Å²) in [6.45, 7) is 8.66. The lowest BCUT2D eigenvalue weighted by Gasteiger charge is -2.17. The third-order valence-electron chi connectivity index (χ3n) is 2.16. The summed E-state index contributed by atoms with van der Waals surface area (Å²) in [4.78, 5) is 0. The topological polar surface area (TPSA) is 12.0 Å². The molecule has 0 aliphatic heterocycles. The van der Waals surface area contributed by atoms with E-state index in [1.807, 2.05) is 0 Å². The van der Waals surface area contributed by atoms with Crippen LogP contribution in [0.4, 0.5) is 0 Å². The summed E-state index contributed by atoms with van der Waals surface area (Å²) in [5.74, 6) is 0. The zero-order valence-corrected chi connectivity index (χ0v) is 8.96. The van der Waals surface area contributed by atoms with Gasteiger partial charge in [-0.05, 0) is 19.4 Å². The van der Waals surface area contributed by atoms with Crippen LogP contribution in [-0.2, 0) is 0 Å². The minimum Gasteiger partial charge on any atom is -0.308 e. The quantitative estimate of drug-likeness (QED) is 0.748. The van der Waals surface area contributed by atoms with E-state index in [0.717, 1.165) is 0 Å². The van der Waals surface area contributed by atoms with Gasteiger partial charge in [-0.2, -0.15) is 0 Å². The standard InChI is InChI=1S/C12H19N/c1-9(2)13-11(4)12-7-5-10(3)6-8-12/h5-9,11,13H,1-4H3/t11-/m0/s1. The van der Waals surface area contributed by atoms with Crippen molar-refractivity contribution in [2.24, 2.45) is 0 Å². The van der Waals surface area contributed by atoms with Gasteiger partial charge in [0.1, 0.15) is 0 Å². The maximum absolute atomic E-state index is 3.48. The molecule has 1 N–H and O–H groups in total. The maximum Gasteiger partial charge on any atom is 0.0294 e. The van der Waals surface area contributed by atoms with Crippen LogP contribution in [0.5, 0.6) is 0 Å². The predicted molar refractivity (Wildman–Crippen MR) is 57.9 cm³/mol. The van der Waals surface area contributed by atoms with Gasteiger partial charge in [0.15, 0.2) is 0 Å². The monoisotopic (exact) mass is 177 g/mol. The fourth-order valence-electron chi connectivity index (χ4n) is 1.45. The molecule has 0 aliphatic rings. The molecule has 1 nitrogen and oxygen atoms in total. The zero-order valence-electron chi connectivity index (χ0n) is 8.96. The molecule has 0 radical (unpaired) electrons. The second-order valence-corrected chi connectivity index (χ2v) is 3.95. The van der Waals surface area contributed by atoms with Crippen molar-refractivity contribution in [2.45, 2.75) is 39.8 Å². The van der Waals surface area contributed by atoms with Gasteiger partial charge in [0.05, 0.1) is 0 Å². The van der Waals surface area contributed by atoms with Gasteiger partial charge in [-0.1, -0.05) is 43.7 Å². The molecule has 1 heteroatoms. The fourth-order valence-corrected chi connectivity index (χ4v) is 1.45. The van der Waals surface area contributed by atoms with E-state index < -0.39 is 0 Å². The van der Waals surface area contributed by atoms with E-state index in [2.05, 4.69) is 57.3 Å². The van der Waals surface area contributed by atoms with Gasteiger partial charge in [0, 0.05) is 12.1 Å². The summed E-state index contributed by atoms with van der Waals surface area (Å²) in [6, 6.07) is 9.68. The van der Waals surface area contributed by atoms with Gasteiger partial charge in [0.25, 0.3) is 0 Å². The second-order valence-electron chi connectivity index (χ2n) is 3.95. The molecule has 0 spiro atoms. The van der Waals surface area contributed by atoms with Gasteiger partial charge in [-0.15, -0.1) is 0 Å². The first-order valence-corrected chi connectivity index (χ1v) is 4.92. The van der Waals surface area contributed by atoms with Crippen LogP contribution in [0.3, 0.4) is 0 Å². The van der Waals surface area contributed by atoms with E-state index in [-0.39, 0.29) is 0 Å². The molecule has 72 valence electrons. The number of hydrogen-bond acceptors (Lipinski definition) is 1. The third kappa shape index (κ3) is 3.19. The average molecular weight is 177 g/mol. The van der Waals surface area contributed by atoms with Crippen LogP contribution in [0.2, 0.25) is 0 Å². The van der Waals surface area contributed by atoms with Crippen LogP contribution >= 0.6 is 0 Å². The predicted octanol–water partition coefficient (Wildman–Crippen LogP) is 3.05. The Kier molecular flexibility index (Phi) is 3.49. The molecule has 0 amide bonds. The molecule has 13 heavy (non-hydrogen) atoms. The van der Waals surface area contributed by atoms with Gasteiger partial charge < -0.3 is 5.32 Å². The Labute approximate surface area is 81.2 Å². The number of aryl methyl sites for hydroxylation is 1. The Morgan fingerprint density at radius 3 is 2.00 bits per heavy atom. The number of rotatable bonds is 3. The first-order valence-electron chi connectivity index (χ1n) is 4.92. The zero-order chi connectivity index (χ0) is 9.84. The van der Waals surface area contributed by atoms with Gasteiger partial charge in [-0.3, -0.25) is 0 Å². The van der Waals surface area contributed by atoms with Crippen LogP contribution in [0.1, 0.15) is 37.9 Å². The first-order chi connectivity index (χ1) is 6.09. The van der Waals surface area contributed by atoms with Crippen LogP contribution in [0.25, 0.3) is 0 Å². The highest BCUT2D eigenvalue weighted by molar-refractivity contribution is 5.23. The summed E-state index contributed by atoms with van der Waals surface area (Å²) >= 11 is 0. The number of benzene rings is 1. The minimum absolute atomic E-state index is 0.445. The molecule has 1 aromatic rings. The van der Waals surface area contributed by atoms with Gasteiger partial charge in [-0.25, -0.2) is 0 Å². The SMILES string of the molecule is Cc1ccc([C@H](C)NC(C)C)cc1. The lowest BCUT2D eigenvalue weighted by molar-refractivity contribution is 0.506. The van der Waals surface area contributed by atoms with E-state index in [0.29, 0.717) is 12.1 Å². The molecule has 1 rings (SSSR count). The Bertz CT molecular complexity index is 248. The van der Waals surface area contributed by atoms with Gasteiger partial charge in [0.2, 0.25) is 0 Å². The smallest absolute Gasteiger partial charge is 0.0294 e. The van der Waals surface area contributed by atoms with Crippen molar-refractivity contribution in [2.75, 3.05) is 0 Å². The summed E-state index contributed by atoms with van der Waals surface area (Å²) in [6.07, 6.45) is 0. The Morgan fingerprint density at radius 1 is 1.00 bits per heavy atom. The Balaban J connectivity index is 2.66. The molecule has 0 saturated carbocycles. The molecule has 0 fully saturated rings. The summed E-state index contributed by atoms with van der Waals surface area (Å²) in [7, 11) is 0. The van der Waals surface area contributed by atoms with Crippen molar-refractivity contribution in [3.63, 3.8) is 0 Å². The van der Waals surface area contributed by atoms with E-state index in [4.69, 9.17) is 0 Å². The Hall–Kier alpha value is -0.820. The van der Waals surface area contributed by atoms with Crippen molar-refractivity contribution in [3.05, 3.63) is 35.4 Å². The molecule has 0 bridgehead atoms. The van der Waals surface area contributed by atoms with E-state index in [9.17, 15) is 0 Å². The largest absolute Gasteiger partial charge is 0.308 e. The molecule has 0 unspecified atom stereocenters. The lowest BCUT2D eigenvalue weighted by atomic mass is 10.1. The molecule has 0 saturated heterocycles. The number of nitrogens with one attached hydrogen (secondary N) is 1. The van der Waals surface area contributed by atoms with Crippen molar-refractivity contribution in [3.8, 4) is 0 Å². The molecular formula is C12H19N. The first kappa shape index (κ1) is 10.3. The summed E-state index contributed by atoms with van der Waals surface area (Å²) < 4.78 is 0. The lowest BCUT2D eigenvalue weighted by Crippen LogP contribution is -2.25. The van der Waals surface area contributed by atoms with Crippen LogP contribution < -0.4 is 5.32 Å². The normalized spacial score (nSPS) is 13.3. The highest BCUT2D eigenvalue weighted by Gasteiger charge is 2.04. The second kappa shape index (κ2) is 4.43. The third-order valence-corrected chi connectivity index (χ3v) is 2.16. The van der Waals surface area contributed by atoms with Crippen LogP contribution in [0.15, 0.2) is 24.3 Å². The van der Waals surface area contributed by atoms with Crippen LogP contribution in [-0.4, -0.2) is 6.04 Å². The van der Waals surface area contributed by atoms with Crippen LogP contribution in [0, 0.1) is 6.92 Å². The highest BCUT2D eigenvalue weighted by atomic mass is 14.9. The molecule has 1 atom stereocenters. The highest BCUT2D eigenvalue weighted by Crippen LogP contribution is 2.13. The van der Waals surface area contributed by atoms with E-state index in [1.54, 1.807) is 0 Å². The van der Waals surface area contributed by atoms with Crippen molar-refractivity contribution >= 4 is 0 Å². The van der Waals surface area contributed by atoms with Crippen molar-refractivity contribution < 1.29 is 0 Å². The van der Waals surface area contributed by atoms with Gasteiger partial charge >= 0.3 is 0 Å². The molecule has 0 aliphatic carbocycles. The van der Waals surface area contributed by atoms with E-state index >= 15 is 0 Å². The Morgan fingerprint density at radius 2 is 1.54 bits per heavy atom. The van der Waals surface area contributed by atoms with E-state index in [1.165, 1.54) is 11.1 Å². The summed E-state index contributed by atoms with van der Waals surface area (Å²) in [5.41, 5.74) is 2.68. The summed E-state index contributed by atoms with van der Waals surface area (Å²) in [5, 5.41) is 3.48. The maximum atomic E-state index is 3.48. The van der Waals surface area contributed by atoms with Crippen molar-refractivity contribution in [1.29, 1.82) is 0 Å². The fraction of sp³-hybridized carbons (Fsp3) is 0.500. The van der Waals surface area contributed by atoms with Crippen molar-refractivity contribution in [1.82, 2.24) is 5.32 Å². The average Bonchev–Trinajstić information content (AvgIpc) is 2.04. The molecule has 0 heterocycles. The number of hydrogen-bond donors (Lipinski definition) is 1. The molecular weight excluding hydrogens is 158 g/mol. The molecule has 1 aromatic carbocycles. The minimum atomic E-state index is 0.445. The molecule has 0 aromatic heterocycles.